The zero-order valence-corrected chi connectivity index (χ0v) is 19.7. The fourth-order valence-electron chi connectivity index (χ4n) is 4.65. The SMILES string of the molecule is Nc1nc(C(=O)C(=O)N[C@@H]2C(=O)N3C(C(=O)O)=C(C[n+]4cccc5c4CCCC5)CS[C@H]23)cs1. The summed E-state index contributed by atoms with van der Waals surface area (Å²) < 4.78 is 2.08. The van der Waals surface area contributed by atoms with Gasteiger partial charge in [-0.15, -0.1) is 23.1 Å². The first-order valence-corrected chi connectivity index (χ1v) is 12.7. The monoisotopic (exact) mass is 500 g/mol. The summed E-state index contributed by atoms with van der Waals surface area (Å²) in [6, 6.07) is 3.10. The maximum absolute atomic E-state index is 12.9. The molecule has 2 amide bonds. The van der Waals surface area contributed by atoms with Crippen LogP contribution in [0.1, 0.15) is 34.6 Å². The van der Waals surface area contributed by atoms with Crippen molar-refractivity contribution >= 4 is 51.8 Å². The predicted octanol–water partition coefficient (Wildman–Crippen LogP) is 0.513. The number of aryl methyl sites for hydroxylation is 1. The summed E-state index contributed by atoms with van der Waals surface area (Å²) in [5.41, 5.74) is 8.51. The van der Waals surface area contributed by atoms with E-state index in [9.17, 15) is 24.3 Å². The molecule has 0 bridgehead atoms. The highest BCUT2D eigenvalue weighted by atomic mass is 32.2. The van der Waals surface area contributed by atoms with Gasteiger partial charge < -0.3 is 16.2 Å². The molecule has 2 atom stereocenters. The van der Waals surface area contributed by atoms with Crippen molar-refractivity contribution in [3.63, 3.8) is 0 Å². The molecule has 3 aliphatic rings. The Morgan fingerprint density at radius 1 is 1.29 bits per heavy atom. The second-order valence-electron chi connectivity index (χ2n) is 8.33. The summed E-state index contributed by atoms with van der Waals surface area (Å²) in [5, 5.41) is 13.3. The first-order chi connectivity index (χ1) is 16.3. The van der Waals surface area contributed by atoms with E-state index < -0.39 is 35.0 Å². The minimum atomic E-state index is -1.18. The van der Waals surface area contributed by atoms with Crippen molar-refractivity contribution in [3.8, 4) is 0 Å². The Kier molecular flexibility index (Phi) is 5.86. The zero-order chi connectivity index (χ0) is 24.0. The molecule has 4 N–H and O–H groups in total. The summed E-state index contributed by atoms with van der Waals surface area (Å²) in [6.07, 6.45) is 6.14. The topological polar surface area (TPSA) is 147 Å². The molecule has 2 aromatic rings. The molecular formula is C22H22N5O5S2+. The molecule has 176 valence electrons. The average Bonchev–Trinajstić information content (AvgIpc) is 3.27. The largest absolute Gasteiger partial charge is 0.477 e. The molecule has 1 fully saturated rings. The molecule has 4 heterocycles. The van der Waals surface area contributed by atoms with Gasteiger partial charge in [0, 0.05) is 34.8 Å². The number of carboxylic acid groups (broad SMARTS) is 1. The van der Waals surface area contributed by atoms with E-state index in [2.05, 4.69) is 20.9 Å². The van der Waals surface area contributed by atoms with Gasteiger partial charge in [-0.05, 0) is 25.3 Å². The first-order valence-electron chi connectivity index (χ1n) is 10.8. The zero-order valence-electron chi connectivity index (χ0n) is 18.0. The highest BCUT2D eigenvalue weighted by Gasteiger charge is 2.55. The van der Waals surface area contributed by atoms with Gasteiger partial charge in [0.2, 0.25) is 0 Å². The lowest BCUT2D eigenvalue weighted by Gasteiger charge is -2.49. The summed E-state index contributed by atoms with van der Waals surface area (Å²) >= 11 is 2.41. The number of carboxylic acids is 1. The number of hydrogen-bond donors (Lipinski definition) is 3. The van der Waals surface area contributed by atoms with Crippen LogP contribution in [0.3, 0.4) is 0 Å². The number of thiazole rings is 1. The van der Waals surface area contributed by atoms with Crippen molar-refractivity contribution in [1.29, 1.82) is 0 Å². The van der Waals surface area contributed by atoms with Gasteiger partial charge in [-0.1, -0.05) is 0 Å². The third kappa shape index (κ3) is 3.86. The number of nitrogens with one attached hydrogen (secondary N) is 1. The molecule has 2 aliphatic heterocycles. The van der Waals surface area contributed by atoms with Gasteiger partial charge in [0.15, 0.2) is 23.6 Å². The number of nitrogens with zero attached hydrogens (tertiary/aromatic N) is 3. The predicted molar refractivity (Wildman–Crippen MR) is 124 cm³/mol. The Hall–Kier alpha value is -3.25. The normalized spacial score (nSPS) is 21.4. The number of amides is 2. The third-order valence-electron chi connectivity index (χ3n) is 6.25. The van der Waals surface area contributed by atoms with Gasteiger partial charge in [0.25, 0.3) is 17.6 Å². The van der Waals surface area contributed by atoms with Crippen LogP contribution >= 0.6 is 23.1 Å². The van der Waals surface area contributed by atoms with Gasteiger partial charge in [-0.25, -0.2) is 9.78 Å². The van der Waals surface area contributed by atoms with Gasteiger partial charge in [0.05, 0.1) is 0 Å². The average molecular weight is 501 g/mol. The highest BCUT2D eigenvalue weighted by molar-refractivity contribution is 8.00. The maximum atomic E-state index is 12.9. The third-order valence-corrected chi connectivity index (χ3v) is 8.26. The van der Waals surface area contributed by atoms with E-state index in [0.717, 1.165) is 37.0 Å². The number of aromatic nitrogens is 2. The number of anilines is 1. The number of carbonyl (C=O) groups is 4. The number of fused-ring (bicyclic) bond motifs is 2. The maximum Gasteiger partial charge on any atom is 0.352 e. The van der Waals surface area contributed by atoms with E-state index in [0.29, 0.717) is 17.9 Å². The summed E-state index contributed by atoms with van der Waals surface area (Å²) in [5.74, 6) is -3.19. The van der Waals surface area contributed by atoms with Crippen molar-refractivity contribution in [3.05, 3.63) is 51.9 Å². The second kappa shape index (κ2) is 8.84. The van der Waals surface area contributed by atoms with Crippen molar-refractivity contribution in [1.82, 2.24) is 15.2 Å². The minimum Gasteiger partial charge on any atom is -0.477 e. The molecule has 12 heteroatoms. The van der Waals surface area contributed by atoms with Crippen LogP contribution in [-0.2, 0) is 33.8 Å². The smallest absolute Gasteiger partial charge is 0.352 e. The molecule has 0 radical (unpaired) electrons. The first kappa shape index (κ1) is 22.5. The summed E-state index contributed by atoms with van der Waals surface area (Å²) in [6.45, 7) is 0.384. The molecule has 5 rings (SSSR count). The Morgan fingerprint density at radius 3 is 2.82 bits per heavy atom. The lowest BCUT2D eigenvalue weighted by atomic mass is 9.95. The number of rotatable bonds is 6. The van der Waals surface area contributed by atoms with Gasteiger partial charge in [-0.3, -0.25) is 19.3 Å². The van der Waals surface area contributed by atoms with Crippen molar-refractivity contribution < 1.29 is 28.9 Å². The number of nitrogen functional groups attached to an aromatic ring is 1. The van der Waals surface area contributed by atoms with E-state index >= 15 is 0 Å². The quantitative estimate of drug-likeness (QED) is 0.225. The summed E-state index contributed by atoms with van der Waals surface area (Å²) in [4.78, 5) is 54.7. The van der Waals surface area contributed by atoms with Crippen LogP contribution in [-0.4, -0.2) is 55.7 Å². The molecule has 2 aromatic heterocycles. The van der Waals surface area contributed by atoms with Crippen LogP contribution in [0.5, 0.6) is 0 Å². The number of thioether (sulfide) groups is 1. The number of ketones is 1. The van der Waals surface area contributed by atoms with Crippen LogP contribution in [0.25, 0.3) is 0 Å². The lowest BCUT2D eigenvalue weighted by Crippen LogP contribution is -2.71. The fraction of sp³-hybridized carbons (Fsp3) is 0.364. The van der Waals surface area contributed by atoms with Gasteiger partial charge in [-0.2, -0.15) is 4.57 Å². The van der Waals surface area contributed by atoms with E-state index in [1.165, 1.54) is 33.3 Å². The Balaban J connectivity index is 1.35. The van der Waals surface area contributed by atoms with Gasteiger partial charge in [0.1, 0.15) is 22.8 Å². The lowest BCUT2D eigenvalue weighted by molar-refractivity contribution is -0.697. The molecule has 0 saturated carbocycles. The number of nitrogens with two attached hydrogens (primary N) is 1. The molecule has 34 heavy (non-hydrogen) atoms. The van der Waals surface area contributed by atoms with Gasteiger partial charge >= 0.3 is 5.97 Å². The Labute approximate surface area is 202 Å². The number of β-lactam (4-membered cyclic amide) rings is 1. The van der Waals surface area contributed by atoms with E-state index in [4.69, 9.17) is 5.73 Å². The molecule has 10 nitrogen and oxygen atoms in total. The van der Waals surface area contributed by atoms with Crippen molar-refractivity contribution in [2.45, 2.75) is 43.6 Å². The van der Waals surface area contributed by atoms with E-state index in [1.54, 1.807) is 0 Å². The standard InChI is InChI=1S/C22H21N5O5S2/c23-22-24-13(10-34-22)17(28)18(29)25-15-19(30)27-16(21(31)32)12(9-33-20(15)27)8-26-7-3-5-11-4-1-2-6-14(11)26/h3,5,7,10,15,20H,1-2,4,6,8-9H2,(H3-,23,24,25,29,31,32)/p+1/t15-,20-/m1/s1. The number of Topliss-reactive ketones (excluding diaryl/α,β-unsaturated/α-hetero) is 1. The highest BCUT2D eigenvalue weighted by Crippen LogP contribution is 2.40. The van der Waals surface area contributed by atoms with Crippen LogP contribution in [0.2, 0.25) is 0 Å². The van der Waals surface area contributed by atoms with E-state index in [1.807, 2.05) is 12.3 Å². The molecule has 0 spiro atoms. The van der Waals surface area contributed by atoms with Crippen molar-refractivity contribution in [2.24, 2.45) is 0 Å². The van der Waals surface area contributed by atoms with Crippen molar-refractivity contribution in [2.75, 3.05) is 11.5 Å². The van der Waals surface area contributed by atoms with Crippen LogP contribution < -0.4 is 15.6 Å². The summed E-state index contributed by atoms with van der Waals surface area (Å²) in [7, 11) is 0. The fourth-order valence-corrected chi connectivity index (χ4v) is 6.53. The van der Waals surface area contributed by atoms with Crippen LogP contribution in [0.4, 0.5) is 5.13 Å². The Morgan fingerprint density at radius 2 is 2.09 bits per heavy atom. The van der Waals surface area contributed by atoms with E-state index in [-0.39, 0.29) is 16.5 Å². The Bertz CT molecular complexity index is 1260. The molecule has 0 aromatic carbocycles. The second-order valence-corrected chi connectivity index (χ2v) is 10.3. The number of aliphatic carboxylic acids is 1. The molecule has 0 unspecified atom stereocenters. The number of pyridine rings is 1. The van der Waals surface area contributed by atoms with Crippen LogP contribution in [0.15, 0.2) is 35.0 Å². The number of carbonyl (C=O) groups excluding carboxylic acids is 3. The molecular weight excluding hydrogens is 478 g/mol. The van der Waals surface area contributed by atoms with Crippen LogP contribution in [0, 0.1) is 0 Å². The molecule has 1 aliphatic carbocycles. The molecule has 1 saturated heterocycles. The number of hydrogen-bond acceptors (Lipinski definition) is 8. The minimum absolute atomic E-state index is 0.0428.